The molecule has 1 amide bonds. The monoisotopic (exact) mass is 442 g/mol. The molecule has 1 N–H and O–H groups in total. The normalized spacial score (nSPS) is 17.4. The van der Waals surface area contributed by atoms with Crippen molar-refractivity contribution in [2.45, 2.75) is 32.9 Å². The lowest BCUT2D eigenvalue weighted by molar-refractivity contribution is -0.140. The van der Waals surface area contributed by atoms with Crippen molar-refractivity contribution in [2.75, 3.05) is 6.61 Å². The molecule has 0 saturated carbocycles. The highest BCUT2D eigenvalue weighted by Gasteiger charge is 2.46. The maximum absolute atomic E-state index is 13.2. The van der Waals surface area contributed by atoms with Crippen LogP contribution in [0.25, 0.3) is 5.76 Å². The Morgan fingerprint density at radius 3 is 2.58 bits per heavy atom. The highest BCUT2D eigenvalue weighted by molar-refractivity contribution is 6.46. The molecule has 0 radical (unpaired) electrons. The highest BCUT2D eigenvalue weighted by atomic mass is 16.5. The first-order chi connectivity index (χ1) is 16.0. The minimum absolute atomic E-state index is 0.0698. The Kier molecular flexibility index (Phi) is 6.54. The summed E-state index contributed by atoms with van der Waals surface area (Å²) >= 11 is 0. The van der Waals surface area contributed by atoms with Crippen molar-refractivity contribution in [1.29, 1.82) is 0 Å². The fraction of sp³-hybridized carbons (Fsp3) is 0.222. The maximum Gasteiger partial charge on any atom is 0.295 e. The van der Waals surface area contributed by atoms with Crippen LogP contribution in [0.15, 0.2) is 78.6 Å². The van der Waals surface area contributed by atoms with Gasteiger partial charge in [-0.25, -0.2) is 0 Å². The maximum atomic E-state index is 13.2. The highest BCUT2D eigenvalue weighted by Crippen LogP contribution is 2.41. The van der Waals surface area contributed by atoms with Crippen molar-refractivity contribution in [1.82, 2.24) is 9.88 Å². The summed E-state index contributed by atoms with van der Waals surface area (Å²) in [7, 11) is 0. The van der Waals surface area contributed by atoms with Gasteiger partial charge in [-0.1, -0.05) is 55.0 Å². The Balaban J connectivity index is 1.84. The lowest BCUT2D eigenvalue weighted by Crippen LogP contribution is -2.29. The minimum Gasteiger partial charge on any atom is -0.507 e. The van der Waals surface area contributed by atoms with Crippen molar-refractivity contribution in [3.63, 3.8) is 0 Å². The third-order valence-corrected chi connectivity index (χ3v) is 5.59. The molecule has 168 valence electrons. The number of aliphatic hydroxyl groups excluding tert-OH is 1. The van der Waals surface area contributed by atoms with Crippen LogP contribution in [0.3, 0.4) is 0 Å². The molecule has 0 aliphatic carbocycles. The summed E-state index contributed by atoms with van der Waals surface area (Å²) in [5.41, 5.74) is 3.07. The Morgan fingerprint density at radius 1 is 1.09 bits per heavy atom. The molecule has 1 atom stereocenters. The molecule has 2 heterocycles. The second kappa shape index (κ2) is 9.69. The number of ketones is 1. The van der Waals surface area contributed by atoms with E-state index in [1.54, 1.807) is 30.6 Å². The van der Waals surface area contributed by atoms with Crippen LogP contribution < -0.4 is 4.74 Å². The number of rotatable bonds is 7. The zero-order valence-corrected chi connectivity index (χ0v) is 18.7. The van der Waals surface area contributed by atoms with Gasteiger partial charge in [-0.15, -0.1) is 0 Å². The summed E-state index contributed by atoms with van der Waals surface area (Å²) in [5, 5.41) is 11.2. The molecule has 1 aromatic heterocycles. The molecule has 1 aliphatic heterocycles. The SMILES string of the molecule is CCCOc1cccc([C@@H]2C(=C(O)c3ccc(C)cc3)C(=O)C(=O)N2Cc2cccnc2)c1. The fourth-order valence-electron chi connectivity index (χ4n) is 3.94. The number of pyridine rings is 1. The number of aryl methyl sites for hydroxylation is 1. The topological polar surface area (TPSA) is 79.7 Å². The lowest BCUT2D eigenvalue weighted by atomic mass is 9.94. The second-order valence-electron chi connectivity index (χ2n) is 8.08. The average Bonchev–Trinajstić information content (AvgIpc) is 3.08. The summed E-state index contributed by atoms with van der Waals surface area (Å²) in [6, 6.07) is 17.4. The summed E-state index contributed by atoms with van der Waals surface area (Å²) in [6.07, 6.45) is 4.18. The largest absolute Gasteiger partial charge is 0.507 e. The number of nitrogens with zero attached hydrogens (tertiary/aromatic N) is 2. The second-order valence-corrected chi connectivity index (χ2v) is 8.08. The minimum atomic E-state index is -0.753. The van der Waals surface area contributed by atoms with Gasteiger partial charge in [-0.05, 0) is 42.7 Å². The molecule has 1 fully saturated rings. The van der Waals surface area contributed by atoms with Gasteiger partial charge >= 0.3 is 0 Å². The number of hydrogen-bond donors (Lipinski definition) is 1. The zero-order valence-electron chi connectivity index (χ0n) is 18.7. The van der Waals surface area contributed by atoms with E-state index in [1.165, 1.54) is 4.90 Å². The summed E-state index contributed by atoms with van der Waals surface area (Å²) in [6.45, 7) is 4.71. The van der Waals surface area contributed by atoms with E-state index >= 15 is 0 Å². The van der Waals surface area contributed by atoms with Gasteiger partial charge in [0.15, 0.2) is 0 Å². The van der Waals surface area contributed by atoms with Gasteiger partial charge in [0.05, 0.1) is 18.2 Å². The van der Waals surface area contributed by atoms with E-state index in [-0.39, 0.29) is 17.9 Å². The van der Waals surface area contributed by atoms with Gasteiger partial charge in [-0.2, -0.15) is 0 Å². The van der Waals surface area contributed by atoms with Gasteiger partial charge in [0.25, 0.3) is 11.7 Å². The number of benzene rings is 2. The van der Waals surface area contributed by atoms with Crippen molar-refractivity contribution < 1.29 is 19.4 Å². The first kappa shape index (κ1) is 22.3. The van der Waals surface area contributed by atoms with Gasteiger partial charge in [0.1, 0.15) is 11.5 Å². The third-order valence-electron chi connectivity index (χ3n) is 5.59. The molecule has 1 saturated heterocycles. The Labute approximate surface area is 193 Å². The van der Waals surface area contributed by atoms with Gasteiger partial charge in [0, 0.05) is 24.5 Å². The van der Waals surface area contributed by atoms with Gasteiger partial charge < -0.3 is 14.7 Å². The molecule has 6 heteroatoms. The Bertz CT molecular complexity index is 1190. The lowest BCUT2D eigenvalue weighted by Gasteiger charge is -2.25. The molecule has 33 heavy (non-hydrogen) atoms. The van der Waals surface area contributed by atoms with Crippen LogP contribution in [-0.2, 0) is 16.1 Å². The molecule has 0 spiro atoms. The van der Waals surface area contributed by atoms with E-state index < -0.39 is 17.7 Å². The molecule has 4 rings (SSSR count). The first-order valence-electron chi connectivity index (χ1n) is 11.0. The quantitative estimate of drug-likeness (QED) is 0.323. The van der Waals surface area contributed by atoms with E-state index in [9.17, 15) is 14.7 Å². The van der Waals surface area contributed by atoms with Crippen LogP contribution in [-0.4, -0.2) is 33.3 Å². The summed E-state index contributed by atoms with van der Waals surface area (Å²) in [5.74, 6) is -0.900. The van der Waals surface area contributed by atoms with Gasteiger partial charge in [0.2, 0.25) is 0 Å². The molecule has 3 aromatic rings. The number of hydrogen-bond acceptors (Lipinski definition) is 5. The van der Waals surface area contributed by atoms with E-state index in [2.05, 4.69) is 4.98 Å². The average molecular weight is 443 g/mol. The number of likely N-dealkylation sites (tertiary alicyclic amines) is 1. The summed E-state index contributed by atoms with van der Waals surface area (Å²) < 4.78 is 5.78. The Morgan fingerprint density at radius 2 is 1.88 bits per heavy atom. The predicted octanol–water partition coefficient (Wildman–Crippen LogP) is 4.80. The molecular formula is C27H26N2O4. The van der Waals surface area contributed by atoms with E-state index in [0.29, 0.717) is 23.5 Å². The van der Waals surface area contributed by atoms with Crippen molar-refractivity contribution in [3.05, 3.63) is 101 Å². The summed E-state index contributed by atoms with van der Waals surface area (Å²) in [4.78, 5) is 31.9. The molecule has 1 aliphatic rings. The van der Waals surface area contributed by atoms with Crippen LogP contribution in [0.1, 0.15) is 41.6 Å². The number of carbonyl (C=O) groups excluding carboxylic acids is 2. The van der Waals surface area contributed by atoms with Crippen molar-refractivity contribution in [3.8, 4) is 5.75 Å². The number of ether oxygens (including phenoxy) is 1. The van der Waals surface area contributed by atoms with Crippen LogP contribution in [0.5, 0.6) is 5.75 Å². The van der Waals surface area contributed by atoms with Crippen LogP contribution in [0.2, 0.25) is 0 Å². The van der Waals surface area contributed by atoms with Crippen LogP contribution >= 0.6 is 0 Å². The number of carbonyl (C=O) groups is 2. The predicted molar refractivity (Wildman–Crippen MR) is 125 cm³/mol. The standard InChI is InChI=1S/C27H26N2O4/c1-3-14-33-22-8-4-7-21(15-22)24-23(25(30)20-11-9-18(2)10-12-20)26(31)27(32)29(24)17-19-6-5-13-28-16-19/h4-13,15-16,24,30H,3,14,17H2,1-2H3/t24-/m1/s1. The zero-order chi connectivity index (χ0) is 23.4. The first-order valence-corrected chi connectivity index (χ1v) is 11.0. The van der Waals surface area contributed by atoms with E-state index in [1.807, 2.05) is 56.3 Å². The molecular weight excluding hydrogens is 416 g/mol. The van der Waals surface area contributed by atoms with E-state index in [4.69, 9.17) is 4.74 Å². The van der Waals surface area contributed by atoms with Gasteiger partial charge in [-0.3, -0.25) is 14.6 Å². The molecule has 6 nitrogen and oxygen atoms in total. The van der Waals surface area contributed by atoms with Crippen LogP contribution in [0, 0.1) is 6.92 Å². The molecule has 2 aromatic carbocycles. The smallest absolute Gasteiger partial charge is 0.295 e. The molecule has 0 unspecified atom stereocenters. The Hall–Kier alpha value is -3.93. The number of aromatic nitrogens is 1. The van der Waals surface area contributed by atoms with Crippen molar-refractivity contribution in [2.24, 2.45) is 0 Å². The molecule has 0 bridgehead atoms. The number of Topliss-reactive ketones (excluding diaryl/α,β-unsaturated/α-hetero) is 1. The number of amides is 1. The number of aliphatic hydroxyl groups is 1. The van der Waals surface area contributed by atoms with Crippen LogP contribution in [0.4, 0.5) is 0 Å². The fourth-order valence-corrected chi connectivity index (χ4v) is 3.94. The third kappa shape index (κ3) is 4.65. The van der Waals surface area contributed by atoms with Crippen molar-refractivity contribution >= 4 is 17.4 Å². The van der Waals surface area contributed by atoms with E-state index in [0.717, 1.165) is 17.5 Å².